The Balaban J connectivity index is 4.13. The lowest BCUT2D eigenvalue weighted by molar-refractivity contribution is 0.125. The van der Waals surface area contributed by atoms with E-state index < -0.39 is 6.72 Å². The quantitative estimate of drug-likeness (QED) is 0.607. The summed E-state index contributed by atoms with van der Waals surface area (Å²) in [5.74, 6) is 0. The molecule has 0 aromatic heterocycles. The van der Waals surface area contributed by atoms with Crippen molar-refractivity contribution in [3.63, 3.8) is 0 Å². The third-order valence-electron chi connectivity index (χ3n) is 1.58. The largest absolute Gasteiger partial charge is 0.327 e. The first-order valence-electron chi connectivity index (χ1n) is 5.15. The summed E-state index contributed by atoms with van der Waals surface area (Å²) < 4.78 is 16.4. The Labute approximate surface area is 92.4 Å². The summed E-state index contributed by atoms with van der Waals surface area (Å²) in [7, 11) is 0. The Morgan fingerprint density at radius 3 is 2.00 bits per heavy atom. The van der Waals surface area contributed by atoms with Crippen LogP contribution in [0.3, 0.4) is 0 Å². The summed E-state index contributed by atoms with van der Waals surface area (Å²) in [5, 5.41) is 0. The van der Waals surface area contributed by atoms with Crippen molar-refractivity contribution in [2.45, 2.75) is 46.6 Å². The molecule has 0 bridgehead atoms. The third-order valence-corrected chi connectivity index (χ3v) is 4.24. The summed E-state index contributed by atoms with van der Waals surface area (Å²) in [6.07, 6.45) is 2.18. The van der Waals surface area contributed by atoms with E-state index in [2.05, 4.69) is 6.92 Å². The fraction of sp³-hybridized carbons (Fsp3) is 1.00. The van der Waals surface area contributed by atoms with Gasteiger partial charge in [0.15, 0.2) is 0 Å². The van der Waals surface area contributed by atoms with Gasteiger partial charge in [0, 0.05) is 0 Å². The molecule has 0 aliphatic heterocycles. The molecule has 1 atom stereocenters. The molecular weight excluding hydrogens is 219 g/mol. The molecule has 0 aromatic carbocycles. The summed E-state index contributed by atoms with van der Waals surface area (Å²) >= 11 is 5.24. The maximum absolute atomic E-state index is 5.64. The first kappa shape index (κ1) is 14.5. The monoisotopic (exact) mass is 240 g/mol. The predicted octanol–water partition coefficient (Wildman–Crippen LogP) is 3.49. The Morgan fingerprint density at radius 1 is 1.14 bits per heavy atom. The van der Waals surface area contributed by atoms with E-state index in [-0.39, 0.29) is 6.10 Å². The van der Waals surface area contributed by atoms with Crippen molar-refractivity contribution in [1.82, 2.24) is 0 Å². The third kappa shape index (κ3) is 6.10. The zero-order valence-corrected chi connectivity index (χ0v) is 11.2. The lowest BCUT2D eigenvalue weighted by atomic mass is 10.2. The maximum Gasteiger partial charge on any atom is 0.327 e. The lowest BCUT2D eigenvalue weighted by Crippen LogP contribution is -2.09. The molecule has 1 unspecified atom stereocenters. The van der Waals surface area contributed by atoms with E-state index in [1.165, 1.54) is 0 Å². The van der Waals surface area contributed by atoms with Gasteiger partial charge in [0.1, 0.15) is 0 Å². The molecule has 0 aliphatic rings. The Bertz CT molecular complexity index is 177. The second-order valence-corrected chi connectivity index (χ2v) is 5.95. The minimum Gasteiger partial charge on any atom is -0.309 e. The molecule has 0 heterocycles. The maximum atomic E-state index is 5.64. The van der Waals surface area contributed by atoms with Crippen molar-refractivity contribution < 1.29 is 13.6 Å². The molecule has 0 amide bonds. The van der Waals surface area contributed by atoms with E-state index in [1.54, 1.807) is 0 Å². The smallest absolute Gasteiger partial charge is 0.309 e. The van der Waals surface area contributed by atoms with Gasteiger partial charge >= 0.3 is 6.72 Å². The highest BCUT2D eigenvalue weighted by molar-refractivity contribution is 8.07. The first-order chi connectivity index (χ1) is 6.58. The van der Waals surface area contributed by atoms with E-state index >= 15 is 0 Å². The van der Waals surface area contributed by atoms with Crippen LogP contribution >= 0.6 is 6.72 Å². The van der Waals surface area contributed by atoms with Gasteiger partial charge in [-0.3, -0.25) is 0 Å². The number of hydrogen-bond acceptors (Lipinski definition) is 4. The minimum absolute atomic E-state index is 0.115. The lowest BCUT2D eigenvalue weighted by Gasteiger charge is -2.24. The van der Waals surface area contributed by atoms with Crippen LogP contribution in [-0.2, 0) is 25.4 Å². The SMILES string of the molecule is CCCC(C)OP(=S)(OCC)OCC. The Kier molecular flexibility index (Phi) is 8.07. The van der Waals surface area contributed by atoms with Gasteiger partial charge in [-0.05, 0) is 39.0 Å². The van der Waals surface area contributed by atoms with Crippen LogP contribution in [0.4, 0.5) is 0 Å². The molecule has 0 fully saturated rings. The van der Waals surface area contributed by atoms with Crippen LogP contribution in [0.25, 0.3) is 0 Å². The van der Waals surface area contributed by atoms with Gasteiger partial charge in [0.25, 0.3) is 0 Å². The van der Waals surface area contributed by atoms with E-state index in [0.29, 0.717) is 13.2 Å². The Hall–Kier alpha value is 0.530. The average Bonchev–Trinajstić information content (AvgIpc) is 2.04. The molecule has 0 rings (SSSR count). The van der Waals surface area contributed by atoms with Crippen LogP contribution in [0.15, 0.2) is 0 Å². The second kappa shape index (κ2) is 7.77. The molecule has 86 valence electrons. The molecule has 0 saturated carbocycles. The van der Waals surface area contributed by atoms with Crippen LogP contribution in [-0.4, -0.2) is 19.3 Å². The number of rotatable bonds is 8. The summed E-state index contributed by atoms with van der Waals surface area (Å²) in [5.41, 5.74) is 0. The summed E-state index contributed by atoms with van der Waals surface area (Å²) in [4.78, 5) is 0. The van der Waals surface area contributed by atoms with Gasteiger partial charge in [0.05, 0.1) is 19.3 Å². The molecule has 0 N–H and O–H groups in total. The van der Waals surface area contributed by atoms with Crippen LogP contribution in [0.5, 0.6) is 0 Å². The number of hydrogen-bond donors (Lipinski definition) is 0. The normalized spacial score (nSPS) is 14.3. The minimum atomic E-state index is -2.47. The Morgan fingerprint density at radius 2 is 1.64 bits per heavy atom. The van der Waals surface area contributed by atoms with Crippen LogP contribution in [0.2, 0.25) is 0 Å². The standard InChI is InChI=1S/C9H21O3PS/c1-5-8-9(4)12-13(14,10-6-2)11-7-3/h9H,5-8H2,1-4H3. The highest BCUT2D eigenvalue weighted by atomic mass is 32.5. The molecule has 0 saturated heterocycles. The molecule has 14 heavy (non-hydrogen) atoms. The van der Waals surface area contributed by atoms with Crippen molar-refractivity contribution in [3.8, 4) is 0 Å². The van der Waals surface area contributed by atoms with Crippen molar-refractivity contribution >= 4 is 18.5 Å². The highest BCUT2D eigenvalue weighted by Gasteiger charge is 2.22. The van der Waals surface area contributed by atoms with Crippen molar-refractivity contribution in [2.75, 3.05) is 13.2 Å². The van der Waals surface area contributed by atoms with E-state index in [1.807, 2.05) is 20.8 Å². The predicted molar refractivity (Wildman–Crippen MR) is 63.0 cm³/mol. The zero-order valence-electron chi connectivity index (χ0n) is 9.49. The van der Waals surface area contributed by atoms with Gasteiger partial charge in [-0.15, -0.1) is 0 Å². The van der Waals surface area contributed by atoms with Crippen LogP contribution < -0.4 is 0 Å². The van der Waals surface area contributed by atoms with Gasteiger partial charge < -0.3 is 13.6 Å². The van der Waals surface area contributed by atoms with Crippen LogP contribution in [0.1, 0.15) is 40.5 Å². The van der Waals surface area contributed by atoms with Gasteiger partial charge in [-0.1, -0.05) is 13.3 Å². The molecule has 0 spiro atoms. The van der Waals surface area contributed by atoms with Gasteiger partial charge in [0.2, 0.25) is 0 Å². The van der Waals surface area contributed by atoms with E-state index in [9.17, 15) is 0 Å². The molecule has 5 heteroatoms. The van der Waals surface area contributed by atoms with Gasteiger partial charge in [-0.25, -0.2) is 0 Å². The average molecular weight is 240 g/mol. The fourth-order valence-corrected chi connectivity index (χ4v) is 3.54. The summed E-state index contributed by atoms with van der Waals surface area (Å²) in [6, 6.07) is 0. The van der Waals surface area contributed by atoms with Gasteiger partial charge in [-0.2, -0.15) is 0 Å². The second-order valence-electron chi connectivity index (χ2n) is 2.99. The molecule has 0 radical (unpaired) electrons. The molecule has 0 aliphatic carbocycles. The topological polar surface area (TPSA) is 27.7 Å². The van der Waals surface area contributed by atoms with Crippen molar-refractivity contribution in [2.24, 2.45) is 0 Å². The summed E-state index contributed by atoms with van der Waals surface area (Å²) in [6.45, 7) is 6.52. The van der Waals surface area contributed by atoms with Crippen molar-refractivity contribution in [1.29, 1.82) is 0 Å². The van der Waals surface area contributed by atoms with Crippen LogP contribution in [0, 0.1) is 0 Å². The first-order valence-corrected chi connectivity index (χ1v) is 7.71. The molecular formula is C9H21O3PS. The molecule has 0 aromatic rings. The zero-order chi connectivity index (χ0) is 11.0. The van der Waals surface area contributed by atoms with Crippen molar-refractivity contribution in [3.05, 3.63) is 0 Å². The van der Waals surface area contributed by atoms with E-state index in [4.69, 9.17) is 25.4 Å². The highest BCUT2D eigenvalue weighted by Crippen LogP contribution is 2.51. The van der Waals surface area contributed by atoms with E-state index in [0.717, 1.165) is 12.8 Å². The fourth-order valence-electron chi connectivity index (χ4n) is 1.09. The molecule has 3 nitrogen and oxygen atoms in total.